The summed E-state index contributed by atoms with van der Waals surface area (Å²) in [6, 6.07) is 0. The lowest BCUT2D eigenvalue weighted by Crippen LogP contribution is -2.28. The highest BCUT2D eigenvalue weighted by Crippen LogP contribution is 2.27. The van der Waals surface area contributed by atoms with Gasteiger partial charge in [-0.2, -0.15) is 0 Å². The summed E-state index contributed by atoms with van der Waals surface area (Å²) < 4.78 is 0. The van der Waals surface area contributed by atoms with E-state index in [1.165, 1.54) is 32.2 Å². The molecule has 1 fully saturated rings. The molecule has 0 saturated heterocycles. The molecule has 0 aromatic carbocycles. The summed E-state index contributed by atoms with van der Waals surface area (Å²) in [6.45, 7) is 8.57. The van der Waals surface area contributed by atoms with E-state index in [1.807, 2.05) is 7.05 Å². The SMILES string of the molecule is CC(C)C.CNCC1CCCC(CN)C1. The summed E-state index contributed by atoms with van der Waals surface area (Å²) in [6.07, 6.45) is 5.49. The second-order valence-corrected chi connectivity index (χ2v) is 5.42. The number of rotatable bonds is 3. The quantitative estimate of drug-likeness (QED) is 0.758. The molecule has 0 bridgehead atoms. The second kappa shape index (κ2) is 9.17. The Balaban J connectivity index is 0.000000423. The van der Waals surface area contributed by atoms with Crippen LogP contribution in [0.3, 0.4) is 0 Å². The van der Waals surface area contributed by atoms with Crippen molar-refractivity contribution in [2.45, 2.75) is 46.5 Å². The van der Waals surface area contributed by atoms with Gasteiger partial charge in [-0.1, -0.05) is 27.2 Å². The molecule has 0 aromatic heterocycles. The Morgan fingerprint density at radius 3 is 2.20 bits per heavy atom. The van der Waals surface area contributed by atoms with Gasteiger partial charge in [-0.05, 0) is 57.2 Å². The van der Waals surface area contributed by atoms with Crippen LogP contribution in [-0.4, -0.2) is 20.1 Å². The van der Waals surface area contributed by atoms with Gasteiger partial charge in [-0.15, -0.1) is 0 Å². The van der Waals surface area contributed by atoms with Crippen LogP contribution in [0.4, 0.5) is 0 Å². The van der Waals surface area contributed by atoms with E-state index < -0.39 is 0 Å². The van der Waals surface area contributed by atoms with Gasteiger partial charge in [0, 0.05) is 0 Å². The van der Waals surface area contributed by atoms with E-state index in [0.29, 0.717) is 0 Å². The molecule has 0 radical (unpaired) electrons. The van der Waals surface area contributed by atoms with Gasteiger partial charge in [-0.3, -0.25) is 0 Å². The number of hydrogen-bond acceptors (Lipinski definition) is 2. The predicted molar refractivity (Wildman–Crippen MR) is 68.9 cm³/mol. The molecule has 1 aliphatic carbocycles. The van der Waals surface area contributed by atoms with E-state index in [-0.39, 0.29) is 0 Å². The van der Waals surface area contributed by atoms with Crippen LogP contribution in [0.5, 0.6) is 0 Å². The third-order valence-electron chi connectivity index (χ3n) is 2.72. The Morgan fingerprint density at radius 1 is 1.20 bits per heavy atom. The Kier molecular flexibility index (Phi) is 9.12. The molecule has 0 aliphatic heterocycles. The maximum absolute atomic E-state index is 5.64. The van der Waals surface area contributed by atoms with Crippen LogP contribution < -0.4 is 11.1 Å². The molecule has 2 heteroatoms. The first kappa shape index (κ1) is 14.9. The van der Waals surface area contributed by atoms with Crippen molar-refractivity contribution in [3.63, 3.8) is 0 Å². The first-order chi connectivity index (χ1) is 7.10. The summed E-state index contributed by atoms with van der Waals surface area (Å²) in [4.78, 5) is 0. The Bertz CT molecular complexity index is 130. The lowest BCUT2D eigenvalue weighted by Gasteiger charge is -2.27. The highest BCUT2D eigenvalue weighted by molar-refractivity contribution is 4.74. The standard InChI is InChI=1S/C9H20N2.C4H10/c1-11-7-9-4-2-3-8(5-9)6-10;1-4(2)3/h8-9,11H,2-7,10H2,1H3;4H,1-3H3. The monoisotopic (exact) mass is 214 g/mol. The maximum atomic E-state index is 5.64. The van der Waals surface area contributed by atoms with Gasteiger partial charge in [-0.25, -0.2) is 0 Å². The van der Waals surface area contributed by atoms with Crippen LogP contribution in [0.2, 0.25) is 0 Å². The minimum Gasteiger partial charge on any atom is -0.330 e. The fraction of sp³-hybridized carbons (Fsp3) is 1.00. The van der Waals surface area contributed by atoms with E-state index in [2.05, 4.69) is 26.1 Å². The highest BCUT2D eigenvalue weighted by atomic mass is 14.8. The predicted octanol–water partition coefficient (Wildman–Crippen LogP) is 2.63. The topological polar surface area (TPSA) is 38.0 Å². The Hall–Kier alpha value is -0.0800. The van der Waals surface area contributed by atoms with Gasteiger partial charge in [0.2, 0.25) is 0 Å². The molecule has 1 rings (SSSR count). The van der Waals surface area contributed by atoms with Gasteiger partial charge in [0.05, 0.1) is 0 Å². The Morgan fingerprint density at radius 2 is 1.73 bits per heavy atom. The van der Waals surface area contributed by atoms with E-state index in [0.717, 1.165) is 24.3 Å². The van der Waals surface area contributed by atoms with Crippen molar-refractivity contribution in [2.24, 2.45) is 23.5 Å². The summed E-state index contributed by atoms with van der Waals surface area (Å²) in [5, 5.41) is 3.24. The van der Waals surface area contributed by atoms with Crippen molar-refractivity contribution in [1.82, 2.24) is 5.32 Å². The first-order valence-corrected chi connectivity index (χ1v) is 6.44. The zero-order valence-corrected chi connectivity index (χ0v) is 11.1. The van der Waals surface area contributed by atoms with Crippen molar-refractivity contribution in [2.75, 3.05) is 20.1 Å². The van der Waals surface area contributed by atoms with Crippen molar-refractivity contribution < 1.29 is 0 Å². The molecule has 0 aromatic rings. The van der Waals surface area contributed by atoms with Gasteiger partial charge in [0.25, 0.3) is 0 Å². The van der Waals surface area contributed by atoms with Crippen LogP contribution in [0.15, 0.2) is 0 Å². The van der Waals surface area contributed by atoms with Crippen molar-refractivity contribution >= 4 is 0 Å². The van der Waals surface area contributed by atoms with E-state index in [9.17, 15) is 0 Å². The molecule has 15 heavy (non-hydrogen) atoms. The van der Waals surface area contributed by atoms with Gasteiger partial charge in [0.1, 0.15) is 0 Å². The molecular formula is C13H30N2. The summed E-state index contributed by atoms with van der Waals surface area (Å²) in [5.41, 5.74) is 5.64. The average molecular weight is 214 g/mol. The molecule has 1 aliphatic rings. The van der Waals surface area contributed by atoms with Crippen LogP contribution in [0.1, 0.15) is 46.5 Å². The zero-order valence-electron chi connectivity index (χ0n) is 11.1. The van der Waals surface area contributed by atoms with E-state index in [4.69, 9.17) is 5.73 Å². The zero-order chi connectivity index (χ0) is 11.7. The van der Waals surface area contributed by atoms with Crippen LogP contribution in [-0.2, 0) is 0 Å². The highest BCUT2D eigenvalue weighted by Gasteiger charge is 2.19. The molecule has 92 valence electrons. The van der Waals surface area contributed by atoms with Gasteiger partial charge >= 0.3 is 0 Å². The molecule has 2 nitrogen and oxygen atoms in total. The maximum Gasteiger partial charge on any atom is -0.00234 e. The fourth-order valence-corrected chi connectivity index (χ4v) is 2.09. The third-order valence-corrected chi connectivity index (χ3v) is 2.72. The summed E-state index contributed by atoms with van der Waals surface area (Å²) in [5.74, 6) is 2.53. The van der Waals surface area contributed by atoms with Crippen molar-refractivity contribution in [3.05, 3.63) is 0 Å². The molecule has 2 unspecified atom stereocenters. The third kappa shape index (κ3) is 8.88. The van der Waals surface area contributed by atoms with Crippen LogP contribution >= 0.6 is 0 Å². The van der Waals surface area contributed by atoms with Crippen molar-refractivity contribution in [3.8, 4) is 0 Å². The van der Waals surface area contributed by atoms with Gasteiger partial charge < -0.3 is 11.1 Å². The summed E-state index contributed by atoms with van der Waals surface area (Å²) >= 11 is 0. The fourth-order valence-electron chi connectivity index (χ4n) is 2.09. The van der Waals surface area contributed by atoms with Crippen molar-refractivity contribution in [1.29, 1.82) is 0 Å². The number of nitrogens with two attached hydrogens (primary N) is 1. The van der Waals surface area contributed by atoms with Crippen LogP contribution in [0, 0.1) is 17.8 Å². The average Bonchev–Trinajstić information content (AvgIpc) is 2.18. The molecular weight excluding hydrogens is 184 g/mol. The first-order valence-electron chi connectivity index (χ1n) is 6.44. The lowest BCUT2D eigenvalue weighted by molar-refractivity contribution is 0.268. The second-order valence-electron chi connectivity index (χ2n) is 5.42. The normalized spacial score (nSPS) is 26.0. The summed E-state index contributed by atoms with van der Waals surface area (Å²) in [7, 11) is 2.03. The Labute approximate surface area is 96.0 Å². The molecule has 2 atom stereocenters. The molecule has 3 N–H and O–H groups in total. The molecule has 0 spiro atoms. The van der Waals surface area contributed by atoms with Gasteiger partial charge in [0.15, 0.2) is 0 Å². The van der Waals surface area contributed by atoms with Crippen LogP contribution in [0.25, 0.3) is 0 Å². The number of hydrogen-bond donors (Lipinski definition) is 2. The van der Waals surface area contributed by atoms with E-state index >= 15 is 0 Å². The smallest absolute Gasteiger partial charge is 0.00234 e. The molecule has 0 heterocycles. The lowest BCUT2D eigenvalue weighted by atomic mass is 9.81. The minimum absolute atomic E-state index is 0.807. The molecule has 1 saturated carbocycles. The minimum atomic E-state index is 0.807. The largest absolute Gasteiger partial charge is 0.330 e. The number of nitrogens with one attached hydrogen (secondary N) is 1. The van der Waals surface area contributed by atoms with E-state index in [1.54, 1.807) is 0 Å². The molecule has 0 amide bonds.